The summed E-state index contributed by atoms with van der Waals surface area (Å²) < 4.78 is 10.2. The van der Waals surface area contributed by atoms with E-state index in [1.807, 2.05) is 13.0 Å². The molecule has 3 rings (SSSR count). The molecule has 0 saturated carbocycles. The SMILES string of the molecule is CCc1[nH]c(C(=O)Oc2ccc(NC(=O)c3ccccc3)cc2)c(C)c1C(=O)OC. The van der Waals surface area contributed by atoms with E-state index in [-0.39, 0.29) is 11.6 Å². The summed E-state index contributed by atoms with van der Waals surface area (Å²) in [5.41, 5.74) is 2.77. The maximum atomic E-state index is 12.6. The third-order valence-corrected chi connectivity index (χ3v) is 4.63. The van der Waals surface area contributed by atoms with Crippen LogP contribution in [0.5, 0.6) is 5.75 Å². The van der Waals surface area contributed by atoms with E-state index >= 15 is 0 Å². The monoisotopic (exact) mass is 406 g/mol. The van der Waals surface area contributed by atoms with Crippen LogP contribution in [0.15, 0.2) is 54.6 Å². The Morgan fingerprint density at radius 2 is 1.63 bits per heavy atom. The van der Waals surface area contributed by atoms with Crippen molar-refractivity contribution in [3.8, 4) is 5.75 Å². The summed E-state index contributed by atoms with van der Waals surface area (Å²) in [5, 5.41) is 2.78. The first-order chi connectivity index (χ1) is 14.4. The summed E-state index contributed by atoms with van der Waals surface area (Å²) in [6.45, 7) is 3.54. The molecule has 0 aliphatic carbocycles. The van der Waals surface area contributed by atoms with E-state index in [4.69, 9.17) is 9.47 Å². The smallest absolute Gasteiger partial charge is 0.360 e. The zero-order valence-corrected chi connectivity index (χ0v) is 16.9. The number of rotatable bonds is 6. The van der Waals surface area contributed by atoms with E-state index in [0.29, 0.717) is 40.2 Å². The summed E-state index contributed by atoms with van der Waals surface area (Å²) in [7, 11) is 1.30. The summed E-state index contributed by atoms with van der Waals surface area (Å²) in [6, 6.07) is 15.3. The van der Waals surface area contributed by atoms with Gasteiger partial charge in [0, 0.05) is 16.9 Å². The Morgan fingerprint density at radius 1 is 0.967 bits per heavy atom. The lowest BCUT2D eigenvalue weighted by atomic mass is 10.1. The first kappa shape index (κ1) is 20.9. The van der Waals surface area contributed by atoms with Gasteiger partial charge >= 0.3 is 11.9 Å². The summed E-state index contributed by atoms with van der Waals surface area (Å²) in [5.74, 6) is -1.04. The number of anilines is 1. The molecule has 0 bridgehead atoms. The molecule has 2 N–H and O–H groups in total. The number of ether oxygens (including phenoxy) is 2. The van der Waals surface area contributed by atoms with Gasteiger partial charge in [0.15, 0.2) is 0 Å². The van der Waals surface area contributed by atoms with Crippen molar-refractivity contribution in [3.05, 3.63) is 82.7 Å². The standard InChI is InChI=1S/C23H22N2O5/c1-4-18-19(22(27)29-3)14(2)20(25-18)23(28)30-17-12-10-16(11-13-17)24-21(26)15-8-6-5-7-9-15/h5-13,25H,4H2,1-3H3,(H,24,26). The number of amides is 1. The number of esters is 2. The van der Waals surface area contributed by atoms with Gasteiger partial charge in [-0.15, -0.1) is 0 Å². The molecule has 7 nitrogen and oxygen atoms in total. The maximum absolute atomic E-state index is 12.6. The molecule has 1 heterocycles. The minimum absolute atomic E-state index is 0.203. The summed E-state index contributed by atoms with van der Waals surface area (Å²) in [6.07, 6.45) is 0.536. The lowest BCUT2D eigenvalue weighted by Crippen LogP contribution is -2.12. The van der Waals surface area contributed by atoms with Crippen LogP contribution in [0.2, 0.25) is 0 Å². The zero-order chi connectivity index (χ0) is 21.7. The van der Waals surface area contributed by atoms with Crippen molar-refractivity contribution in [2.75, 3.05) is 12.4 Å². The number of H-pyrrole nitrogens is 1. The highest BCUT2D eigenvalue weighted by atomic mass is 16.5. The maximum Gasteiger partial charge on any atom is 0.360 e. The van der Waals surface area contributed by atoms with E-state index < -0.39 is 11.9 Å². The van der Waals surface area contributed by atoms with Gasteiger partial charge < -0.3 is 19.8 Å². The number of aromatic nitrogens is 1. The fourth-order valence-corrected chi connectivity index (χ4v) is 3.06. The van der Waals surface area contributed by atoms with Crippen LogP contribution in [-0.4, -0.2) is 29.9 Å². The quantitative estimate of drug-likeness (QED) is 0.474. The normalized spacial score (nSPS) is 10.4. The lowest BCUT2D eigenvalue weighted by molar-refractivity contribution is 0.0598. The van der Waals surface area contributed by atoms with Crippen LogP contribution in [0, 0.1) is 6.92 Å². The molecular weight excluding hydrogens is 384 g/mol. The zero-order valence-electron chi connectivity index (χ0n) is 16.9. The fraction of sp³-hybridized carbons (Fsp3) is 0.174. The van der Waals surface area contributed by atoms with Gasteiger partial charge in [-0.1, -0.05) is 25.1 Å². The Morgan fingerprint density at radius 3 is 2.23 bits per heavy atom. The molecule has 0 spiro atoms. The van der Waals surface area contributed by atoms with Gasteiger partial charge in [-0.05, 0) is 55.3 Å². The van der Waals surface area contributed by atoms with Crippen LogP contribution < -0.4 is 10.1 Å². The Labute approximate surface area is 174 Å². The fourth-order valence-electron chi connectivity index (χ4n) is 3.06. The highest BCUT2D eigenvalue weighted by Gasteiger charge is 2.24. The molecule has 1 amide bonds. The molecule has 0 aliphatic heterocycles. The van der Waals surface area contributed by atoms with Crippen molar-refractivity contribution < 1.29 is 23.9 Å². The van der Waals surface area contributed by atoms with Crippen LogP contribution in [0.25, 0.3) is 0 Å². The number of carbonyl (C=O) groups is 3. The average molecular weight is 406 g/mol. The molecule has 0 unspecified atom stereocenters. The molecule has 0 saturated heterocycles. The van der Waals surface area contributed by atoms with Gasteiger partial charge in [-0.2, -0.15) is 0 Å². The summed E-state index contributed by atoms with van der Waals surface area (Å²) in [4.78, 5) is 39.8. The third-order valence-electron chi connectivity index (χ3n) is 4.63. The minimum Gasteiger partial charge on any atom is -0.465 e. The Balaban J connectivity index is 1.71. The van der Waals surface area contributed by atoms with Gasteiger partial charge in [0.2, 0.25) is 0 Å². The minimum atomic E-state index is -0.613. The first-order valence-corrected chi connectivity index (χ1v) is 9.43. The van der Waals surface area contributed by atoms with Crippen molar-refractivity contribution in [2.24, 2.45) is 0 Å². The molecule has 30 heavy (non-hydrogen) atoms. The Kier molecular flexibility index (Phi) is 6.32. The number of aryl methyl sites for hydroxylation is 1. The predicted octanol–water partition coefficient (Wildman–Crippen LogP) is 4.14. The molecule has 3 aromatic rings. The Hall–Kier alpha value is -3.87. The van der Waals surface area contributed by atoms with E-state index in [1.165, 1.54) is 7.11 Å². The van der Waals surface area contributed by atoms with E-state index in [2.05, 4.69) is 10.3 Å². The second-order valence-electron chi connectivity index (χ2n) is 6.56. The highest BCUT2D eigenvalue weighted by molar-refractivity contribution is 6.04. The molecule has 0 radical (unpaired) electrons. The van der Waals surface area contributed by atoms with Gasteiger partial charge in [0.05, 0.1) is 12.7 Å². The molecule has 2 aromatic carbocycles. The molecule has 154 valence electrons. The third kappa shape index (κ3) is 4.41. The van der Waals surface area contributed by atoms with E-state index in [0.717, 1.165) is 0 Å². The van der Waals surface area contributed by atoms with Crippen LogP contribution in [0.1, 0.15) is 49.4 Å². The van der Waals surface area contributed by atoms with Crippen molar-refractivity contribution >= 4 is 23.5 Å². The second kappa shape index (κ2) is 9.09. The summed E-state index contributed by atoms with van der Waals surface area (Å²) >= 11 is 0. The second-order valence-corrected chi connectivity index (χ2v) is 6.56. The van der Waals surface area contributed by atoms with Crippen molar-refractivity contribution in [1.82, 2.24) is 4.98 Å². The van der Waals surface area contributed by atoms with E-state index in [1.54, 1.807) is 55.5 Å². The van der Waals surface area contributed by atoms with Crippen LogP contribution in [0.4, 0.5) is 5.69 Å². The number of nitrogens with one attached hydrogen (secondary N) is 2. The number of carbonyl (C=O) groups excluding carboxylic acids is 3. The number of benzene rings is 2. The van der Waals surface area contributed by atoms with Crippen molar-refractivity contribution in [3.63, 3.8) is 0 Å². The lowest BCUT2D eigenvalue weighted by Gasteiger charge is -2.07. The number of aromatic amines is 1. The topological polar surface area (TPSA) is 97.5 Å². The number of hydrogen-bond donors (Lipinski definition) is 2. The van der Waals surface area contributed by atoms with Gasteiger partial charge in [0.1, 0.15) is 11.4 Å². The van der Waals surface area contributed by atoms with Crippen LogP contribution in [-0.2, 0) is 11.2 Å². The highest BCUT2D eigenvalue weighted by Crippen LogP contribution is 2.23. The molecule has 7 heteroatoms. The molecular formula is C23H22N2O5. The van der Waals surface area contributed by atoms with Gasteiger partial charge in [-0.25, -0.2) is 9.59 Å². The van der Waals surface area contributed by atoms with Crippen molar-refractivity contribution in [1.29, 1.82) is 0 Å². The average Bonchev–Trinajstić information content (AvgIpc) is 3.11. The Bertz CT molecular complexity index is 1070. The molecule has 0 atom stereocenters. The van der Waals surface area contributed by atoms with Crippen LogP contribution >= 0.6 is 0 Å². The van der Waals surface area contributed by atoms with Crippen molar-refractivity contribution in [2.45, 2.75) is 20.3 Å². The van der Waals surface area contributed by atoms with Gasteiger partial charge in [-0.3, -0.25) is 4.79 Å². The first-order valence-electron chi connectivity index (χ1n) is 9.43. The predicted molar refractivity (Wildman–Crippen MR) is 112 cm³/mol. The van der Waals surface area contributed by atoms with Gasteiger partial charge in [0.25, 0.3) is 5.91 Å². The number of hydrogen-bond acceptors (Lipinski definition) is 5. The number of methoxy groups -OCH3 is 1. The molecule has 0 fully saturated rings. The van der Waals surface area contributed by atoms with Crippen LogP contribution in [0.3, 0.4) is 0 Å². The molecule has 0 aliphatic rings. The largest absolute Gasteiger partial charge is 0.465 e. The molecule has 1 aromatic heterocycles. The van der Waals surface area contributed by atoms with E-state index in [9.17, 15) is 14.4 Å².